The van der Waals surface area contributed by atoms with Crippen LogP contribution in [0.25, 0.3) is 0 Å². The summed E-state index contributed by atoms with van der Waals surface area (Å²) in [6, 6.07) is 12.4. The van der Waals surface area contributed by atoms with Crippen LogP contribution in [0, 0.1) is 6.92 Å². The largest absolute Gasteiger partial charge is 0.508 e. The molecule has 2 aromatic carbocycles. The Morgan fingerprint density at radius 3 is 2.33 bits per heavy atom. The molecule has 2 aromatic rings. The summed E-state index contributed by atoms with van der Waals surface area (Å²) in [6.07, 6.45) is 1.13. The van der Waals surface area contributed by atoms with Crippen LogP contribution in [0.1, 0.15) is 11.1 Å². The maximum atomic E-state index is 11.2. The Hall–Kier alpha value is -2.21. The van der Waals surface area contributed by atoms with Gasteiger partial charge in [0.25, 0.3) is 0 Å². The summed E-state index contributed by atoms with van der Waals surface area (Å²) in [5.74, 6) is 0.241. The van der Waals surface area contributed by atoms with E-state index in [4.69, 9.17) is 0 Å². The highest BCUT2D eigenvalue weighted by molar-refractivity contribution is 7.92. The van der Waals surface area contributed by atoms with Crippen molar-refractivity contribution in [3.05, 3.63) is 53.6 Å². The maximum Gasteiger partial charge on any atom is 0.229 e. The van der Waals surface area contributed by atoms with Crippen molar-refractivity contribution in [1.82, 2.24) is 0 Å². The van der Waals surface area contributed by atoms with Crippen LogP contribution >= 0.6 is 0 Å². The average Bonchev–Trinajstić information content (AvgIpc) is 2.40. The molecule has 0 amide bonds. The molecule has 21 heavy (non-hydrogen) atoms. The molecule has 5 nitrogen and oxygen atoms in total. The van der Waals surface area contributed by atoms with Crippen LogP contribution < -0.4 is 10.0 Å². The molecular weight excluding hydrogens is 288 g/mol. The van der Waals surface area contributed by atoms with Crippen molar-refractivity contribution in [2.75, 3.05) is 16.3 Å². The number of rotatable bonds is 5. The summed E-state index contributed by atoms with van der Waals surface area (Å²) >= 11 is 0. The second-order valence-electron chi connectivity index (χ2n) is 4.92. The topological polar surface area (TPSA) is 78.4 Å². The molecule has 6 heteroatoms. The number of sulfonamides is 1. The standard InChI is InChI=1S/C15H18N2O3S/c1-11-9-13(5-8-15(11)17-21(2,19)20)16-10-12-3-6-14(18)7-4-12/h3-9,16-18H,10H2,1-2H3. The summed E-state index contributed by atoms with van der Waals surface area (Å²) in [6.45, 7) is 2.47. The van der Waals surface area contributed by atoms with E-state index in [-0.39, 0.29) is 5.75 Å². The number of phenolic OH excluding ortho intramolecular Hbond substituents is 1. The van der Waals surface area contributed by atoms with Gasteiger partial charge in [-0.05, 0) is 48.4 Å². The van der Waals surface area contributed by atoms with Crippen molar-refractivity contribution in [2.24, 2.45) is 0 Å². The van der Waals surface area contributed by atoms with Crippen molar-refractivity contribution in [3.63, 3.8) is 0 Å². The zero-order valence-corrected chi connectivity index (χ0v) is 12.7. The van der Waals surface area contributed by atoms with Crippen molar-refractivity contribution in [3.8, 4) is 5.75 Å². The SMILES string of the molecule is Cc1cc(NCc2ccc(O)cc2)ccc1NS(C)(=O)=O. The van der Waals surface area contributed by atoms with Gasteiger partial charge in [0, 0.05) is 12.2 Å². The molecule has 0 fully saturated rings. The van der Waals surface area contributed by atoms with E-state index in [0.29, 0.717) is 12.2 Å². The summed E-state index contributed by atoms with van der Waals surface area (Å²) < 4.78 is 24.9. The molecule has 0 atom stereocenters. The lowest BCUT2D eigenvalue weighted by molar-refractivity contribution is 0.475. The molecule has 0 spiro atoms. The van der Waals surface area contributed by atoms with Crippen molar-refractivity contribution >= 4 is 21.4 Å². The molecule has 0 heterocycles. The third-order valence-corrected chi connectivity index (χ3v) is 3.55. The summed E-state index contributed by atoms with van der Waals surface area (Å²) in [4.78, 5) is 0. The Balaban J connectivity index is 2.05. The van der Waals surface area contributed by atoms with Gasteiger partial charge in [-0.2, -0.15) is 0 Å². The molecule has 0 unspecified atom stereocenters. The highest BCUT2D eigenvalue weighted by Crippen LogP contribution is 2.21. The van der Waals surface area contributed by atoms with Gasteiger partial charge in [0.1, 0.15) is 5.75 Å². The number of hydrogen-bond donors (Lipinski definition) is 3. The lowest BCUT2D eigenvalue weighted by Crippen LogP contribution is -2.10. The smallest absolute Gasteiger partial charge is 0.229 e. The fraction of sp³-hybridized carbons (Fsp3) is 0.200. The number of nitrogens with one attached hydrogen (secondary N) is 2. The number of aromatic hydroxyl groups is 1. The Kier molecular flexibility index (Phi) is 4.37. The Bertz CT molecular complexity index is 725. The number of aryl methyl sites for hydroxylation is 1. The van der Waals surface area contributed by atoms with Crippen LogP contribution in [0.2, 0.25) is 0 Å². The van der Waals surface area contributed by atoms with Crippen LogP contribution in [0.5, 0.6) is 5.75 Å². The van der Waals surface area contributed by atoms with E-state index in [0.717, 1.165) is 23.1 Å². The zero-order valence-electron chi connectivity index (χ0n) is 11.9. The van der Waals surface area contributed by atoms with Gasteiger partial charge in [-0.3, -0.25) is 4.72 Å². The Labute approximate surface area is 124 Å². The van der Waals surface area contributed by atoms with Crippen molar-refractivity contribution < 1.29 is 13.5 Å². The molecule has 0 aromatic heterocycles. The predicted molar refractivity (Wildman–Crippen MR) is 85.1 cm³/mol. The molecule has 112 valence electrons. The molecule has 0 aliphatic rings. The maximum absolute atomic E-state index is 11.2. The van der Waals surface area contributed by atoms with Gasteiger partial charge in [0.2, 0.25) is 10.0 Å². The molecule has 0 saturated carbocycles. The van der Waals surface area contributed by atoms with Gasteiger partial charge in [-0.1, -0.05) is 12.1 Å². The number of benzene rings is 2. The second kappa shape index (κ2) is 6.05. The van der Waals surface area contributed by atoms with Gasteiger partial charge >= 0.3 is 0 Å². The second-order valence-corrected chi connectivity index (χ2v) is 6.67. The number of phenols is 1. The van der Waals surface area contributed by atoms with Gasteiger partial charge < -0.3 is 10.4 Å². The Morgan fingerprint density at radius 1 is 1.10 bits per heavy atom. The third kappa shape index (κ3) is 4.68. The highest BCUT2D eigenvalue weighted by Gasteiger charge is 2.05. The minimum absolute atomic E-state index is 0.241. The Morgan fingerprint density at radius 2 is 1.76 bits per heavy atom. The molecular formula is C15H18N2O3S. The van der Waals surface area contributed by atoms with Crippen LogP contribution in [0.3, 0.4) is 0 Å². The lowest BCUT2D eigenvalue weighted by atomic mass is 10.1. The minimum Gasteiger partial charge on any atom is -0.508 e. The molecule has 2 rings (SSSR count). The lowest BCUT2D eigenvalue weighted by Gasteiger charge is -2.11. The zero-order chi connectivity index (χ0) is 15.5. The molecule has 3 N–H and O–H groups in total. The summed E-state index contributed by atoms with van der Waals surface area (Å²) in [7, 11) is -3.27. The van der Waals surface area contributed by atoms with Crippen molar-refractivity contribution in [2.45, 2.75) is 13.5 Å². The number of anilines is 2. The van der Waals surface area contributed by atoms with E-state index in [2.05, 4.69) is 10.0 Å². The van der Waals surface area contributed by atoms with E-state index >= 15 is 0 Å². The summed E-state index contributed by atoms with van der Waals surface area (Å²) in [5.41, 5.74) is 3.37. The van der Waals surface area contributed by atoms with E-state index in [1.165, 1.54) is 0 Å². The van der Waals surface area contributed by atoms with Crippen LogP contribution in [0.4, 0.5) is 11.4 Å². The van der Waals surface area contributed by atoms with Gasteiger partial charge in [0.15, 0.2) is 0 Å². The molecule has 0 aliphatic heterocycles. The van der Waals surface area contributed by atoms with Gasteiger partial charge in [-0.15, -0.1) is 0 Å². The van der Waals surface area contributed by atoms with Crippen molar-refractivity contribution in [1.29, 1.82) is 0 Å². The van der Waals surface area contributed by atoms with Gasteiger partial charge in [0.05, 0.1) is 11.9 Å². The quantitative estimate of drug-likeness (QED) is 0.793. The predicted octanol–water partition coefficient (Wildman–Crippen LogP) is 2.68. The first kappa shape index (κ1) is 15.2. The van der Waals surface area contributed by atoms with E-state index in [9.17, 15) is 13.5 Å². The molecule has 0 saturated heterocycles. The first-order chi connectivity index (χ1) is 9.83. The van der Waals surface area contributed by atoms with E-state index in [1.54, 1.807) is 18.2 Å². The van der Waals surface area contributed by atoms with Crippen LogP contribution in [-0.4, -0.2) is 19.8 Å². The first-order valence-corrected chi connectivity index (χ1v) is 8.33. The average molecular weight is 306 g/mol. The fourth-order valence-corrected chi connectivity index (χ4v) is 2.53. The normalized spacial score (nSPS) is 11.1. The van der Waals surface area contributed by atoms with Gasteiger partial charge in [-0.25, -0.2) is 8.42 Å². The highest BCUT2D eigenvalue weighted by atomic mass is 32.2. The molecule has 0 aliphatic carbocycles. The van der Waals surface area contributed by atoms with Crippen LogP contribution in [-0.2, 0) is 16.6 Å². The number of hydrogen-bond acceptors (Lipinski definition) is 4. The van der Waals surface area contributed by atoms with Crippen LogP contribution in [0.15, 0.2) is 42.5 Å². The van der Waals surface area contributed by atoms with E-state index < -0.39 is 10.0 Å². The fourth-order valence-electron chi connectivity index (χ4n) is 1.91. The van der Waals surface area contributed by atoms with E-state index in [1.807, 2.05) is 31.2 Å². The third-order valence-electron chi connectivity index (χ3n) is 2.95. The monoisotopic (exact) mass is 306 g/mol. The molecule has 0 radical (unpaired) electrons. The summed E-state index contributed by atoms with van der Waals surface area (Å²) in [5, 5.41) is 12.5. The minimum atomic E-state index is -3.27. The molecule has 0 bridgehead atoms. The first-order valence-electron chi connectivity index (χ1n) is 6.44.